The standard InChI is InChI=1S/C20H16ClN5OS/c1-3-10-28-20(27)26-19(24-12-22)17(14-4-6-15(21)7-5-14)18(25-26)16-11-13(2)8-9-23-16/h1,4-9,11-12H,10H2,2H3,(H2,22,24). The average molecular weight is 410 g/mol. The molecule has 0 bridgehead atoms. The lowest BCUT2D eigenvalue weighted by Crippen LogP contribution is -2.08. The van der Waals surface area contributed by atoms with Crippen molar-refractivity contribution in [2.24, 2.45) is 10.7 Å². The molecular formula is C20H16ClN5OS. The van der Waals surface area contributed by atoms with Crippen LogP contribution >= 0.6 is 23.4 Å². The fourth-order valence-electron chi connectivity index (χ4n) is 2.62. The van der Waals surface area contributed by atoms with Crippen molar-refractivity contribution >= 4 is 40.8 Å². The van der Waals surface area contributed by atoms with Crippen molar-refractivity contribution in [3.8, 4) is 34.9 Å². The van der Waals surface area contributed by atoms with Crippen LogP contribution in [0.3, 0.4) is 0 Å². The maximum Gasteiger partial charge on any atom is 0.308 e. The minimum Gasteiger partial charge on any atom is -0.390 e. The molecule has 2 N–H and O–H groups in total. The molecule has 0 fully saturated rings. The number of pyridine rings is 1. The van der Waals surface area contributed by atoms with Gasteiger partial charge in [-0.05, 0) is 54.1 Å². The van der Waals surface area contributed by atoms with Crippen LogP contribution in [-0.2, 0) is 0 Å². The summed E-state index contributed by atoms with van der Waals surface area (Å²) in [5.41, 5.74) is 9.11. The van der Waals surface area contributed by atoms with Crippen LogP contribution < -0.4 is 5.73 Å². The van der Waals surface area contributed by atoms with E-state index in [4.69, 9.17) is 23.8 Å². The van der Waals surface area contributed by atoms with Crippen molar-refractivity contribution in [3.63, 3.8) is 0 Å². The van der Waals surface area contributed by atoms with Crippen molar-refractivity contribution in [2.45, 2.75) is 6.92 Å². The molecule has 3 rings (SSSR count). The van der Waals surface area contributed by atoms with Crippen LogP contribution in [0.4, 0.5) is 10.6 Å². The van der Waals surface area contributed by atoms with Crippen molar-refractivity contribution in [2.75, 3.05) is 5.75 Å². The van der Waals surface area contributed by atoms with Gasteiger partial charge in [0.2, 0.25) is 0 Å². The molecule has 140 valence electrons. The summed E-state index contributed by atoms with van der Waals surface area (Å²) in [4.78, 5) is 21.3. The fraction of sp³-hybridized carbons (Fsp3) is 0.100. The topological polar surface area (TPSA) is 86.2 Å². The van der Waals surface area contributed by atoms with Gasteiger partial charge in [0, 0.05) is 11.2 Å². The van der Waals surface area contributed by atoms with Crippen LogP contribution in [0.2, 0.25) is 5.02 Å². The van der Waals surface area contributed by atoms with Gasteiger partial charge in [-0.25, -0.2) is 4.99 Å². The normalized spacial score (nSPS) is 10.9. The van der Waals surface area contributed by atoms with E-state index in [1.165, 1.54) is 4.68 Å². The predicted molar refractivity (Wildman–Crippen MR) is 115 cm³/mol. The number of hydrogen-bond acceptors (Lipinski definition) is 5. The highest BCUT2D eigenvalue weighted by Gasteiger charge is 2.24. The molecule has 0 amide bonds. The summed E-state index contributed by atoms with van der Waals surface area (Å²) in [6, 6.07) is 10.9. The predicted octanol–water partition coefficient (Wildman–Crippen LogP) is 4.53. The van der Waals surface area contributed by atoms with E-state index < -0.39 is 0 Å². The molecule has 28 heavy (non-hydrogen) atoms. The molecule has 0 spiro atoms. The first-order valence-corrected chi connectivity index (χ1v) is 9.58. The number of halogens is 1. The SMILES string of the molecule is C#CCSC(=O)n1nc(-c2cc(C)ccn2)c(-c2ccc(Cl)cc2)c1/N=C\N. The number of carbonyl (C=O) groups excluding carboxylic acids is 1. The third-order valence-corrected chi connectivity index (χ3v) is 4.78. The summed E-state index contributed by atoms with van der Waals surface area (Å²) in [7, 11) is 0. The van der Waals surface area contributed by atoms with Crippen LogP contribution in [-0.4, -0.2) is 32.1 Å². The third-order valence-electron chi connectivity index (χ3n) is 3.80. The lowest BCUT2D eigenvalue weighted by molar-refractivity contribution is 0.260. The Morgan fingerprint density at radius 3 is 2.79 bits per heavy atom. The smallest absolute Gasteiger partial charge is 0.308 e. The summed E-state index contributed by atoms with van der Waals surface area (Å²) in [5.74, 6) is 2.95. The quantitative estimate of drug-likeness (QED) is 0.388. The molecule has 0 aliphatic carbocycles. The van der Waals surface area contributed by atoms with Gasteiger partial charge in [-0.2, -0.15) is 9.78 Å². The fourth-order valence-corrected chi connectivity index (χ4v) is 3.20. The summed E-state index contributed by atoms with van der Waals surface area (Å²) in [6.07, 6.45) is 8.09. The van der Waals surface area contributed by atoms with E-state index >= 15 is 0 Å². The van der Waals surface area contributed by atoms with E-state index in [0.29, 0.717) is 27.8 Å². The highest BCUT2D eigenvalue weighted by molar-refractivity contribution is 8.13. The number of terminal acetylenes is 1. The second-order valence-corrected chi connectivity index (χ2v) is 7.08. The Morgan fingerprint density at radius 2 is 2.14 bits per heavy atom. The summed E-state index contributed by atoms with van der Waals surface area (Å²) in [5, 5.41) is 4.74. The van der Waals surface area contributed by atoms with E-state index in [0.717, 1.165) is 29.2 Å². The van der Waals surface area contributed by atoms with Crippen LogP contribution in [0.5, 0.6) is 0 Å². The molecule has 0 aliphatic heterocycles. The van der Waals surface area contributed by atoms with Gasteiger partial charge in [-0.1, -0.05) is 29.7 Å². The Bertz CT molecular complexity index is 1080. The molecular weight excluding hydrogens is 394 g/mol. The molecule has 8 heteroatoms. The summed E-state index contributed by atoms with van der Waals surface area (Å²) in [6.45, 7) is 1.96. The molecule has 1 aromatic carbocycles. The van der Waals surface area contributed by atoms with Crippen LogP contribution in [0.25, 0.3) is 22.5 Å². The lowest BCUT2D eigenvalue weighted by Gasteiger charge is -2.05. The Labute approximate surface area is 171 Å². The van der Waals surface area contributed by atoms with Crippen molar-refractivity contribution < 1.29 is 4.79 Å². The number of aromatic nitrogens is 3. The molecule has 2 aromatic heterocycles. The Balaban J connectivity index is 2.29. The first kappa shape index (κ1) is 19.7. The number of hydrogen-bond donors (Lipinski definition) is 1. The van der Waals surface area contributed by atoms with Gasteiger partial charge < -0.3 is 5.73 Å². The van der Waals surface area contributed by atoms with Gasteiger partial charge in [0.25, 0.3) is 0 Å². The summed E-state index contributed by atoms with van der Waals surface area (Å²) >= 11 is 6.99. The first-order chi connectivity index (χ1) is 13.5. The number of rotatable bonds is 4. The van der Waals surface area contributed by atoms with Crippen molar-refractivity contribution in [1.82, 2.24) is 14.8 Å². The Hall–Kier alpha value is -3.08. The molecule has 3 aromatic rings. The minimum atomic E-state index is -0.354. The van der Waals surface area contributed by atoms with Crippen molar-refractivity contribution in [1.29, 1.82) is 0 Å². The molecule has 2 heterocycles. The Kier molecular flexibility index (Phi) is 6.14. The zero-order chi connectivity index (χ0) is 20.1. The number of aliphatic imine (C=N–C) groups is 1. The molecule has 0 saturated heterocycles. The highest BCUT2D eigenvalue weighted by atomic mass is 35.5. The second-order valence-electron chi connectivity index (χ2n) is 5.72. The molecule has 6 nitrogen and oxygen atoms in total. The second kappa shape index (κ2) is 8.74. The van der Waals surface area contributed by atoms with Crippen molar-refractivity contribution in [3.05, 3.63) is 53.2 Å². The maximum atomic E-state index is 12.7. The molecule has 0 radical (unpaired) electrons. The minimum absolute atomic E-state index is 0.221. The highest BCUT2D eigenvalue weighted by Crippen LogP contribution is 2.39. The maximum absolute atomic E-state index is 12.7. The first-order valence-electron chi connectivity index (χ1n) is 8.22. The van der Waals surface area contributed by atoms with Gasteiger partial charge >= 0.3 is 5.24 Å². The van der Waals surface area contributed by atoms with E-state index in [-0.39, 0.29) is 11.0 Å². The molecule has 0 aliphatic rings. The molecule has 0 saturated carbocycles. The number of benzene rings is 1. The van der Waals surface area contributed by atoms with Crippen LogP contribution in [0.1, 0.15) is 5.56 Å². The van der Waals surface area contributed by atoms with E-state index in [9.17, 15) is 4.79 Å². The molecule has 0 unspecified atom stereocenters. The monoisotopic (exact) mass is 409 g/mol. The molecule has 0 atom stereocenters. The number of aryl methyl sites for hydroxylation is 1. The van der Waals surface area contributed by atoms with Crippen LogP contribution in [0.15, 0.2) is 47.6 Å². The number of nitrogens with zero attached hydrogens (tertiary/aromatic N) is 4. The summed E-state index contributed by atoms with van der Waals surface area (Å²) < 4.78 is 1.20. The van der Waals surface area contributed by atoms with E-state index in [2.05, 4.69) is 21.0 Å². The van der Waals surface area contributed by atoms with E-state index in [1.54, 1.807) is 18.3 Å². The third kappa shape index (κ3) is 4.09. The largest absolute Gasteiger partial charge is 0.390 e. The Morgan fingerprint density at radius 1 is 1.39 bits per heavy atom. The van der Waals surface area contributed by atoms with Gasteiger partial charge in [0.1, 0.15) is 5.69 Å². The lowest BCUT2D eigenvalue weighted by atomic mass is 10.0. The van der Waals surface area contributed by atoms with Gasteiger partial charge in [0.05, 0.1) is 23.3 Å². The zero-order valence-corrected chi connectivity index (χ0v) is 16.5. The van der Waals surface area contributed by atoms with Gasteiger partial charge in [-0.3, -0.25) is 9.78 Å². The van der Waals surface area contributed by atoms with Gasteiger partial charge in [0.15, 0.2) is 5.82 Å². The van der Waals surface area contributed by atoms with E-state index in [1.807, 2.05) is 31.2 Å². The average Bonchev–Trinajstić information content (AvgIpc) is 3.06. The number of thioether (sulfide) groups is 1. The number of nitrogens with two attached hydrogens (primary N) is 1. The van der Waals surface area contributed by atoms with Gasteiger partial charge in [-0.15, -0.1) is 6.42 Å². The van der Waals surface area contributed by atoms with Crippen LogP contribution in [0, 0.1) is 19.3 Å². The zero-order valence-electron chi connectivity index (χ0n) is 15.0. The number of carbonyl (C=O) groups is 1.